The predicted octanol–water partition coefficient (Wildman–Crippen LogP) is 2.57. The van der Waals surface area contributed by atoms with Crippen molar-refractivity contribution >= 4 is 11.6 Å². The molecule has 7 nitrogen and oxygen atoms in total. The van der Waals surface area contributed by atoms with E-state index in [0.29, 0.717) is 6.54 Å². The number of hydrogen-bond acceptors (Lipinski definition) is 4. The summed E-state index contributed by atoms with van der Waals surface area (Å²) in [5, 5.41) is 11.8. The Labute approximate surface area is 163 Å². The molecule has 1 heterocycles. The van der Waals surface area contributed by atoms with E-state index in [-0.39, 0.29) is 0 Å². The number of nitrogens with one attached hydrogen (secondary N) is 1. The number of rotatable bonds is 8. The van der Waals surface area contributed by atoms with Gasteiger partial charge < -0.3 is 19.7 Å². The van der Waals surface area contributed by atoms with Gasteiger partial charge in [-0.05, 0) is 31.0 Å². The topological polar surface area (TPSA) is 61.6 Å². The van der Waals surface area contributed by atoms with Crippen molar-refractivity contribution in [2.45, 2.75) is 39.8 Å². The van der Waals surface area contributed by atoms with Gasteiger partial charge in [-0.1, -0.05) is 25.5 Å². The zero-order valence-electron chi connectivity index (χ0n) is 17.5. The molecule has 0 amide bonds. The van der Waals surface area contributed by atoms with Crippen LogP contribution in [0.15, 0.2) is 29.3 Å². The van der Waals surface area contributed by atoms with E-state index >= 15 is 0 Å². The molecule has 2 rings (SSSR count). The second kappa shape index (κ2) is 9.94. The molecule has 0 atom stereocenters. The fourth-order valence-electron chi connectivity index (χ4n) is 2.70. The molecule has 0 aliphatic rings. The Morgan fingerprint density at radius 1 is 1.22 bits per heavy atom. The van der Waals surface area contributed by atoms with Crippen molar-refractivity contribution in [3.8, 4) is 0 Å². The maximum absolute atomic E-state index is 4.79. The highest BCUT2D eigenvalue weighted by molar-refractivity contribution is 5.79. The summed E-state index contributed by atoms with van der Waals surface area (Å²) in [4.78, 5) is 9.07. The van der Waals surface area contributed by atoms with Crippen molar-refractivity contribution in [3.05, 3.63) is 41.5 Å². The van der Waals surface area contributed by atoms with Crippen LogP contribution in [0.1, 0.15) is 37.0 Å². The summed E-state index contributed by atoms with van der Waals surface area (Å²) in [5.41, 5.74) is 2.45. The van der Waals surface area contributed by atoms with Gasteiger partial charge in [-0.2, -0.15) is 0 Å². The zero-order chi connectivity index (χ0) is 19.8. The van der Waals surface area contributed by atoms with Crippen LogP contribution in [0.4, 0.5) is 5.69 Å². The van der Waals surface area contributed by atoms with E-state index in [9.17, 15) is 0 Å². The molecule has 0 aliphatic heterocycles. The van der Waals surface area contributed by atoms with Gasteiger partial charge in [0.15, 0.2) is 11.8 Å². The van der Waals surface area contributed by atoms with Crippen LogP contribution in [0.25, 0.3) is 0 Å². The van der Waals surface area contributed by atoms with E-state index in [4.69, 9.17) is 4.99 Å². The average molecular weight is 372 g/mol. The Balaban J connectivity index is 2.12. The lowest BCUT2D eigenvalue weighted by molar-refractivity contribution is 0.472. The minimum Gasteiger partial charge on any atom is -0.378 e. The normalized spacial score (nSPS) is 11.6. The van der Waals surface area contributed by atoms with Crippen molar-refractivity contribution in [1.29, 1.82) is 0 Å². The number of unbranched alkanes of at least 4 members (excludes halogenated alkanes) is 1. The van der Waals surface area contributed by atoms with Gasteiger partial charge in [0.1, 0.15) is 12.4 Å². The summed E-state index contributed by atoms with van der Waals surface area (Å²) >= 11 is 0. The van der Waals surface area contributed by atoms with Gasteiger partial charge in [-0.15, -0.1) is 10.2 Å². The summed E-state index contributed by atoms with van der Waals surface area (Å²) in [5.74, 6) is 2.65. The summed E-state index contributed by atoms with van der Waals surface area (Å²) in [6.07, 6.45) is 2.27. The summed E-state index contributed by atoms with van der Waals surface area (Å²) < 4.78 is 1.98. The van der Waals surface area contributed by atoms with Crippen LogP contribution in [0.3, 0.4) is 0 Å². The number of aliphatic imine (C=N–C) groups is 1. The first-order valence-electron chi connectivity index (χ1n) is 9.53. The highest BCUT2D eigenvalue weighted by Crippen LogP contribution is 2.14. The molecule has 0 saturated heterocycles. The van der Waals surface area contributed by atoms with Crippen molar-refractivity contribution in [2.24, 2.45) is 12.0 Å². The van der Waals surface area contributed by atoms with Crippen LogP contribution in [0.2, 0.25) is 0 Å². The fourth-order valence-corrected chi connectivity index (χ4v) is 2.70. The van der Waals surface area contributed by atoms with Crippen LogP contribution in [0.5, 0.6) is 0 Å². The molecule has 148 valence electrons. The molecule has 27 heavy (non-hydrogen) atoms. The minimum absolute atomic E-state index is 0.508. The van der Waals surface area contributed by atoms with Gasteiger partial charge in [0.05, 0.1) is 0 Å². The lowest BCUT2D eigenvalue weighted by Crippen LogP contribution is -2.39. The largest absolute Gasteiger partial charge is 0.378 e. The van der Waals surface area contributed by atoms with Crippen molar-refractivity contribution < 1.29 is 0 Å². The van der Waals surface area contributed by atoms with Crippen LogP contribution >= 0.6 is 0 Å². The third kappa shape index (κ3) is 5.98. The molecule has 0 aliphatic carbocycles. The van der Waals surface area contributed by atoms with Crippen molar-refractivity contribution in [2.75, 3.05) is 32.6 Å². The van der Waals surface area contributed by atoms with Gasteiger partial charge in [-0.25, -0.2) is 4.99 Å². The smallest absolute Gasteiger partial charge is 0.194 e. The SMILES string of the molecule is CCCCNC(=NCc1nnc(C)n1C)N(C)Cc1cccc(N(C)C)c1. The van der Waals surface area contributed by atoms with Crippen LogP contribution < -0.4 is 10.2 Å². The molecule has 0 unspecified atom stereocenters. The van der Waals surface area contributed by atoms with E-state index < -0.39 is 0 Å². The Kier molecular flexibility index (Phi) is 7.64. The number of guanidine groups is 1. The van der Waals surface area contributed by atoms with Gasteiger partial charge in [0.2, 0.25) is 0 Å². The zero-order valence-corrected chi connectivity index (χ0v) is 17.5. The first kappa shape index (κ1) is 20.7. The van der Waals surface area contributed by atoms with E-state index in [1.165, 1.54) is 11.3 Å². The van der Waals surface area contributed by atoms with Gasteiger partial charge in [0, 0.05) is 47.0 Å². The van der Waals surface area contributed by atoms with Crippen LogP contribution in [0, 0.1) is 6.92 Å². The first-order chi connectivity index (χ1) is 12.9. The summed E-state index contributed by atoms with van der Waals surface area (Å²) in [6.45, 7) is 6.35. The second-order valence-corrected chi connectivity index (χ2v) is 7.06. The molecular formula is C20H33N7. The average Bonchev–Trinajstić information content (AvgIpc) is 2.96. The Bertz CT molecular complexity index is 749. The Morgan fingerprint density at radius 2 is 2.00 bits per heavy atom. The monoisotopic (exact) mass is 371 g/mol. The van der Waals surface area contributed by atoms with E-state index in [1.54, 1.807) is 0 Å². The van der Waals surface area contributed by atoms with E-state index in [2.05, 4.69) is 77.6 Å². The standard InChI is InChI=1S/C20H33N7/c1-7-8-12-21-20(22-14-19-24-23-16(2)27(19)6)26(5)15-17-10-9-11-18(13-17)25(3)4/h9-11,13H,7-8,12,14-15H2,1-6H3,(H,21,22). The van der Waals surface area contributed by atoms with Gasteiger partial charge >= 0.3 is 0 Å². The number of hydrogen-bond donors (Lipinski definition) is 1. The van der Waals surface area contributed by atoms with Crippen LogP contribution in [-0.2, 0) is 20.1 Å². The van der Waals surface area contributed by atoms with Crippen LogP contribution in [-0.4, -0.2) is 53.3 Å². The quantitative estimate of drug-likeness (QED) is 0.439. The second-order valence-electron chi connectivity index (χ2n) is 7.06. The molecule has 0 radical (unpaired) electrons. The molecule has 0 spiro atoms. The summed E-state index contributed by atoms with van der Waals surface area (Å²) in [6, 6.07) is 8.59. The molecule has 7 heteroatoms. The molecule has 1 aromatic carbocycles. The van der Waals surface area contributed by atoms with E-state index in [1.807, 2.05) is 18.5 Å². The van der Waals surface area contributed by atoms with E-state index in [0.717, 1.165) is 43.5 Å². The van der Waals surface area contributed by atoms with Crippen molar-refractivity contribution in [3.63, 3.8) is 0 Å². The summed E-state index contributed by atoms with van der Waals surface area (Å²) in [7, 11) is 8.17. The third-order valence-electron chi connectivity index (χ3n) is 4.57. The van der Waals surface area contributed by atoms with Gasteiger partial charge in [0.25, 0.3) is 0 Å². The number of anilines is 1. The Hall–Kier alpha value is -2.57. The molecule has 1 N–H and O–H groups in total. The Morgan fingerprint density at radius 3 is 2.63 bits per heavy atom. The predicted molar refractivity (Wildman–Crippen MR) is 112 cm³/mol. The molecule has 2 aromatic rings. The molecule has 0 fully saturated rings. The first-order valence-corrected chi connectivity index (χ1v) is 9.53. The lowest BCUT2D eigenvalue weighted by Gasteiger charge is -2.23. The third-order valence-corrected chi connectivity index (χ3v) is 4.57. The minimum atomic E-state index is 0.508. The molecular weight excluding hydrogens is 338 g/mol. The number of benzene rings is 1. The number of nitrogens with zero attached hydrogens (tertiary/aromatic N) is 6. The number of aromatic nitrogens is 3. The molecule has 0 bridgehead atoms. The fraction of sp³-hybridized carbons (Fsp3) is 0.550. The van der Waals surface area contributed by atoms with Gasteiger partial charge in [-0.3, -0.25) is 0 Å². The number of aryl methyl sites for hydroxylation is 1. The maximum atomic E-state index is 4.79. The lowest BCUT2D eigenvalue weighted by atomic mass is 10.2. The molecule has 0 saturated carbocycles. The highest BCUT2D eigenvalue weighted by Gasteiger charge is 2.10. The van der Waals surface area contributed by atoms with Crippen molar-refractivity contribution in [1.82, 2.24) is 25.0 Å². The maximum Gasteiger partial charge on any atom is 0.194 e. The highest BCUT2D eigenvalue weighted by atomic mass is 15.3. The molecule has 1 aromatic heterocycles.